The van der Waals surface area contributed by atoms with Gasteiger partial charge in [0.15, 0.2) is 0 Å². The summed E-state index contributed by atoms with van der Waals surface area (Å²) in [6.45, 7) is 5.81. The number of alkyl carbamates (subject to hydrolysis) is 1. The molecule has 2 unspecified atom stereocenters. The van der Waals surface area contributed by atoms with Crippen LogP contribution in [0.4, 0.5) is 14.9 Å². The quantitative estimate of drug-likeness (QED) is 0.880. The summed E-state index contributed by atoms with van der Waals surface area (Å²) in [7, 11) is 0. The van der Waals surface area contributed by atoms with Gasteiger partial charge in [0.05, 0.1) is 5.41 Å². The third-order valence-corrected chi connectivity index (χ3v) is 4.40. The van der Waals surface area contributed by atoms with Gasteiger partial charge in [-0.2, -0.15) is 0 Å². The van der Waals surface area contributed by atoms with Gasteiger partial charge in [-0.25, -0.2) is 9.18 Å². The number of carbonyl (C=O) groups is 2. The Balaban J connectivity index is 1.61. The van der Waals surface area contributed by atoms with Crippen LogP contribution >= 0.6 is 0 Å². The van der Waals surface area contributed by atoms with Gasteiger partial charge in [-0.1, -0.05) is 6.07 Å². The molecule has 1 fully saturated rings. The fraction of sp³-hybridized carbons (Fsp3) is 0.529. The van der Waals surface area contributed by atoms with Crippen LogP contribution in [0.1, 0.15) is 32.8 Å². The molecular formula is C17H21FN2O3. The van der Waals surface area contributed by atoms with Crippen LogP contribution in [0.15, 0.2) is 18.2 Å². The van der Waals surface area contributed by atoms with Gasteiger partial charge in [-0.05, 0) is 57.2 Å². The number of benzene rings is 1. The number of hydrogen-bond acceptors (Lipinski definition) is 3. The van der Waals surface area contributed by atoms with Crippen LogP contribution in [0.3, 0.4) is 0 Å². The Kier molecular flexibility index (Phi) is 3.58. The van der Waals surface area contributed by atoms with E-state index in [9.17, 15) is 14.0 Å². The van der Waals surface area contributed by atoms with Gasteiger partial charge in [-0.15, -0.1) is 0 Å². The molecule has 1 aliphatic heterocycles. The minimum atomic E-state index is -0.545. The summed E-state index contributed by atoms with van der Waals surface area (Å²) in [4.78, 5) is 24.1. The molecule has 3 rings (SSSR count). The Morgan fingerprint density at radius 2 is 2.22 bits per heavy atom. The van der Waals surface area contributed by atoms with Crippen molar-refractivity contribution in [2.75, 3.05) is 11.9 Å². The van der Waals surface area contributed by atoms with E-state index in [0.717, 1.165) is 5.56 Å². The van der Waals surface area contributed by atoms with Crippen LogP contribution < -0.4 is 10.6 Å². The Bertz CT molecular complexity index is 668. The predicted molar refractivity (Wildman–Crippen MR) is 83.5 cm³/mol. The fourth-order valence-corrected chi connectivity index (χ4v) is 3.15. The molecule has 1 saturated carbocycles. The van der Waals surface area contributed by atoms with E-state index < -0.39 is 17.1 Å². The van der Waals surface area contributed by atoms with E-state index in [0.29, 0.717) is 25.1 Å². The van der Waals surface area contributed by atoms with Gasteiger partial charge in [0.1, 0.15) is 11.4 Å². The molecule has 0 bridgehead atoms. The van der Waals surface area contributed by atoms with E-state index in [2.05, 4.69) is 10.6 Å². The minimum absolute atomic E-state index is 0.0771. The van der Waals surface area contributed by atoms with Crippen molar-refractivity contribution in [3.05, 3.63) is 29.6 Å². The Morgan fingerprint density at radius 3 is 2.91 bits per heavy atom. The first-order chi connectivity index (χ1) is 10.7. The summed E-state index contributed by atoms with van der Waals surface area (Å²) < 4.78 is 18.4. The molecule has 124 valence electrons. The zero-order valence-corrected chi connectivity index (χ0v) is 13.5. The van der Waals surface area contributed by atoms with E-state index in [-0.39, 0.29) is 17.6 Å². The van der Waals surface area contributed by atoms with E-state index in [1.165, 1.54) is 12.1 Å². The van der Waals surface area contributed by atoms with Crippen LogP contribution in [0.25, 0.3) is 0 Å². The topological polar surface area (TPSA) is 67.4 Å². The van der Waals surface area contributed by atoms with E-state index >= 15 is 0 Å². The van der Waals surface area contributed by atoms with Gasteiger partial charge in [-0.3, -0.25) is 4.79 Å². The molecule has 5 nitrogen and oxygen atoms in total. The van der Waals surface area contributed by atoms with Crippen molar-refractivity contribution in [2.24, 2.45) is 11.3 Å². The maximum absolute atomic E-state index is 13.2. The second-order valence-corrected chi connectivity index (χ2v) is 7.37. The average Bonchev–Trinajstić information content (AvgIpc) is 3.11. The monoisotopic (exact) mass is 320 g/mol. The number of carbonyl (C=O) groups excluding carboxylic acids is 2. The van der Waals surface area contributed by atoms with Crippen molar-refractivity contribution < 1.29 is 18.7 Å². The highest BCUT2D eigenvalue weighted by atomic mass is 19.1. The summed E-state index contributed by atoms with van der Waals surface area (Å²) in [6.07, 6.45) is 0.818. The first kappa shape index (κ1) is 15.8. The summed E-state index contributed by atoms with van der Waals surface area (Å²) in [6, 6.07) is 4.46. The van der Waals surface area contributed by atoms with Crippen molar-refractivity contribution in [1.82, 2.24) is 5.32 Å². The van der Waals surface area contributed by atoms with Gasteiger partial charge in [0.25, 0.3) is 0 Å². The molecule has 6 heteroatoms. The second kappa shape index (κ2) is 5.22. The number of ether oxygens (including phenoxy) is 1. The average molecular weight is 320 g/mol. The molecule has 0 radical (unpaired) electrons. The highest BCUT2D eigenvalue weighted by Crippen LogP contribution is 2.57. The van der Waals surface area contributed by atoms with Crippen molar-refractivity contribution >= 4 is 17.7 Å². The highest BCUT2D eigenvalue weighted by Gasteiger charge is 2.61. The molecule has 1 heterocycles. The first-order valence-electron chi connectivity index (χ1n) is 7.76. The number of anilines is 1. The maximum Gasteiger partial charge on any atom is 0.407 e. The molecule has 1 aromatic carbocycles. The molecule has 1 aliphatic carbocycles. The van der Waals surface area contributed by atoms with Gasteiger partial charge in [0.2, 0.25) is 5.91 Å². The number of rotatable bonds is 2. The van der Waals surface area contributed by atoms with Crippen LogP contribution in [-0.4, -0.2) is 24.1 Å². The number of halogens is 1. The van der Waals surface area contributed by atoms with E-state index in [1.54, 1.807) is 26.8 Å². The molecule has 2 atom stereocenters. The Hall–Kier alpha value is -2.11. The van der Waals surface area contributed by atoms with Gasteiger partial charge < -0.3 is 15.4 Å². The maximum atomic E-state index is 13.2. The molecule has 2 N–H and O–H groups in total. The summed E-state index contributed by atoms with van der Waals surface area (Å²) >= 11 is 0. The minimum Gasteiger partial charge on any atom is -0.444 e. The molecular weight excluding hydrogens is 299 g/mol. The lowest BCUT2D eigenvalue weighted by Crippen LogP contribution is -2.37. The molecule has 1 spiro atoms. The summed E-state index contributed by atoms with van der Waals surface area (Å²) in [5.41, 5.74) is 0.452. The van der Waals surface area contributed by atoms with E-state index in [4.69, 9.17) is 4.74 Å². The molecule has 2 aliphatic rings. The van der Waals surface area contributed by atoms with Crippen molar-refractivity contribution in [2.45, 2.75) is 39.2 Å². The van der Waals surface area contributed by atoms with Crippen LogP contribution in [0, 0.1) is 17.2 Å². The number of nitrogens with one attached hydrogen (secondary N) is 2. The van der Waals surface area contributed by atoms with Crippen molar-refractivity contribution in [1.29, 1.82) is 0 Å². The molecule has 0 saturated heterocycles. The third kappa shape index (κ3) is 3.16. The fourth-order valence-electron chi connectivity index (χ4n) is 3.15. The lowest BCUT2D eigenvalue weighted by atomic mass is 9.88. The van der Waals surface area contributed by atoms with E-state index in [1.807, 2.05) is 0 Å². The number of fused-ring (bicyclic) bond motifs is 1. The third-order valence-electron chi connectivity index (χ3n) is 4.40. The lowest BCUT2D eigenvalue weighted by Gasteiger charge is -2.26. The number of hydrogen-bond donors (Lipinski definition) is 2. The highest BCUT2D eigenvalue weighted by molar-refractivity contribution is 6.00. The molecule has 23 heavy (non-hydrogen) atoms. The molecule has 0 aromatic heterocycles. The zero-order chi connectivity index (χ0) is 16.8. The summed E-state index contributed by atoms with van der Waals surface area (Å²) in [5.74, 6) is -0.376. The summed E-state index contributed by atoms with van der Waals surface area (Å²) in [5, 5.41) is 5.51. The Labute approximate surface area is 134 Å². The lowest BCUT2D eigenvalue weighted by molar-refractivity contribution is -0.122. The standard InChI is InChI=1S/C17H21FN2O3/c1-16(2,3)23-15(22)19-9-11-8-17(11)7-10-4-5-12(18)6-13(10)20-14(17)21/h4-6,11H,7-9H2,1-3H3,(H,19,22)(H,20,21). The van der Waals surface area contributed by atoms with Crippen LogP contribution in [0.2, 0.25) is 0 Å². The predicted octanol–water partition coefficient (Wildman–Crippen LogP) is 2.85. The normalized spacial score (nSPS) is 25.6. The van der Waals surface area contributed by atoms with Crippen LogP contribution in [0.5, 0.6) is 0 Å². The van der Waals surface area contributed by atoms with Crippen molar-refractivity contribution in [3.63, 3.8) is 0 Å². The number of amides is 2. The molecule has 2 amide bonds. The van der Waals surface area contributed by atoms with Crippen molar-refractivity contribution in [3.8, 4) is 0 Å². The van der Waals surface area contributed by atoms with Gasteiger partial charge in [0, 0.05) is 12.2 Å². The van der Waals surface area contributed by atoms with Gasteiger partial charge >= 0.3 is 6.09 Å². The zero-order valence-electron chi connectivity index (χ0n) is 13.5. The second-order valence-electron chi connectivity index (χ2n) is 7.37. The smallest absolute Gasteiger partial charge is 0.407 e. The first-order valence-corrected chi connectivity index (χ1v) is 7.76. The molecule has 1 aromatic rings. The SMILES string of the molecule is CC(C)(C)OC(=O)NCC1CC12Cc1ccc(F)cc1NC2=O. The largest absolute Gasteiger partial charge is 0.444 e. The Morgan fingerprint density at radius 1 is 1.48 bits per heavy atom. The van der Waals surface area contributed by atoms with Crippen LogP contribution in [-0.2, 0) is 16.0 Å².